The van der Waals surface area contributed by atoms with E-state index < -0.39 is 0 Å². The summed E-state index contributed by atoms with van der Waals surface area (Å²) in [5.41, 5.74) is 8.33. The molecule has 0 saturated carbocycles. The number of hydrogen-bond acceptors (Lipinski definition) is 3. The smallest absolute Gasteiger partial charge is 0.255 e. The molecule has 0 aliphatic heterocycles. The van der Waals surface area contributed by atoms with E-state index in [1.54, 1.807) is 36.7 Å². The second kappa shape index (κ2) is 9.34. The van der Waals surface area contributed by atoms with Gasteiger partial charge in [0.05, 0.1) is 0 Å². The van der Waals surface area contributed by atoms with Crippen molar-refractivity contribution in [1.82, 2.24) is 4.98 Å². The molecule has 0 aliphatic carbocycles. The van der Waals surface area contributed by atoms with Crippen LogP contribution in [0, 0.1) is 0 Å². The molecular formula is C15H19Cl2N3O. The Morgan fingerprint density at radius 2 is 1.71 bits per heavy atom. The summed E-state index contributed by atoms with van der Waals surface area (Å²) in [5, 5.41) is 2.81. The molecule has 1 atom stereocenters. The Bertz CT molecular complexity index is 547. The Morgan fingerprint density at radius 1 is 1.14 bits per heavy atom. The van der Waals surface area contributed by atoms with Gasteiger partial charge in [0.2, 0.25) is 0 Å². The number of carbonyl (C=O) groups excluding carboxylic acids is 1. The maximum absolute atomic E-state index is 12.0. The fourth-order valence-corrected chi connectivity index (χ4v) is 1.76. The van der Waals surface area contributed by atoms with Gasteiger partial charge in [0.1, 0.15) is 0 Å². The number of rotatable bonds is 4. The third-order valence-electron chi connectivity index (χ3n) is 2.98. The highest BCUT2D eigenvalue weighted by Crippen LogP contribution is 2.15. The molecule has 21 heavy (non-hydrogen) atoms. The van der Waals surface area contributed by atoms with Crippen molar-refractivity contribution in [2.24, 2.45) is 5.73 Å². The number of nitrogens with one attached hydrogen (secondary N) is 1. The highest BCUT2D eigenvalue weighted by Gasteiger charge is 2.07. The Balaban J connectivity index is 0.00000200. The van der Waals surface area contributed by atoms with Crippen LogP contribution in [0.25, 0.3) is 0 Å². The van der Waals surface area contributed by atoms with E-state index in [1.807, 2.05) is 19.1 Å². The molecule has 1 heterocycles. The van der Waals surface area contributed by atoms with Crippen LogP contribution < -0.4 is 11.1 Å². The lowest BCUT2D eigenvalue weighted by molar-refractivity contribution is 0.102. The van der Waals surface area contributed by atoms with Crippen LogP contribution in [0.5, 0.6) is 0 Å². The van der Waals surface area contributed by atoms with Crippen molar-refractivity contribution in [3.05, 3.63) is 59.9 Å². The number of anilines is 1. The quantitative estimate of drug-likeness (QED) is 0.901. The first kappa shape index (κ1) is 19.4. The second-order valence-electron chi connectivity index (χ2n) is 4.33. The lowest BCUT2D eigenvalue weighted by Crippen LogP contribution is -2.13. The molecule has 3 N–H and O–H groups in total. The number of pyridine rings is 1. The number of halogens is 2. The molecule has 114 valence electrons. The fraction of sp³-hybridized carbons (Fsp3) is 0.200. The number of benzene rings is 1. The van der Waals surface area contributed by atoms with Crippen molar-refractivity contribution < 1.29 is 4.79 Å². The summed E-state index contributed by atoms with van der Waals surface area (Å²) in [6.07, 6.45) is 4.15. The minimum atomic E-state index is -0.136. The number of carbonyl (C=O) groups is 1. The summed E-state index contributed by atoms with van der Waals surface area (Å²) < 4.78 is 0. The largest absolute Gasteiger partial charge is 0.324 e. The van der Waals surface area contributed by atoms with E-state index in [9.17, 15) is 4.79 Å². The van der Waals surface area contributed by atoms with Gasteiger partial charge in [-0.05, 0) is 36.2 Å². The molecule has 0 saturated heterocycles. The molecule has 1 aromatic heterocycles. The third kappa shape index (κ3) is 5.34. The minimum absolute atomic E-state index is 0. The zero-order valence-corrected chi connectivity index (χ0v) is 13.3. The molecule has 4 nitrogen and oxygen atoms in total. The number of aromatic nitrogens is 1. The Morgan fingerprint density at radius 3 is 2.24 bits per heavy atom. The maximum Gasteiger partial charge on any atom is 0.255 e. The fourth-order valence-electron chi connectivity index (χ4n) is 1.76. The summed E-state index contributed by atoms with van der Waals surface area (Å²) in [6, 6.07) is 10.9. The predicted octanol–water partition coefficient (Wildman–Crippen LogP) is 3.59. The number of nitrogens with zero attached hydrogens (tertiary/aromatic N) is 1. The van der Waals surface area contributed by atoms with Crippen molar-refractivity contribution in [2.45, 2.75) is 19.4 Å². The summed E-state index contributed by atoms with van der Waals surface area (Å²) in [7, 11) is 0. The topological polar surface area (TPSA) is 68.0 Å². The lowest BCUT2D eigenvalue weighted by atomic mass is 10.0. The Hall–Kier alpha value is -1.62. The van der Waals surface area contributed by atoms with E-state index in [-0.39, 0.29) is 36.8 Å². The summed E-state index contributed by atoms with van der Waals surface area (Å²) in [6.45, 7) is 2.04. The molecule has 0 bridgehead atoms. The van der Waals surface area contributed by atoms with Crippen molar-refractivity contribution in [1.29, 1.82) is 0 Å². The molecule has 1 aromatic carbocycles. The van der Waals surface area contributed by atoms with Gasteiger partial charge < -0.3 is 11.1 Å². The van der Waals surface area contributed by atoms with Gasteiger partial charge in [-0.2, -0.15) is 0 Å². The van der Waals surface area contributed by atoms with Crippen molar-refractivity contribution in [3.63, 3.8) is 0 Å². The third-order valence-corrected chi connectivity index (χ3v) is 2.98. The van der Waals surface area contributed by atoms with Crippen molar-refractivity contribution in [2.75, 3.05) is 5.32 Å². The zero-order chi connectivity index (χ0) is 13.7. The van der Waals surface area contributed by atoms with E-state index in [1.165, 1.54) is 0 Å². The first-order valence-corrected chi connectivity index (χ1v) is 6.27. The Kier molecular flexibility index (Phi) is 8.62. The van der Waals surface area contributed by atoms with E-state index in [4.69, 9.17) is 5.73 Å². The van der Waals surface area contributed by atoms with Gasteiger partial charge in [-0.15, -0.1) is 24.8 Å². The van der Waals surface area contributed by atoms with Crippen molar-refractivity contribution in [3.8, 4) is 0 Å². The summed E-state index contributed by atoms with van der Waals surface area (Å²) in [5.74, 6) is -0.136. The first-order chi connectivity index (χ1) is 9.20. The van der Waals surface area contributed by atoms with E-state index in [0.29, 0.717) is 5.56 Å². The standard InChI is InChI=1S/C15H17N3O.2ClH/c1-2-14(16)11-3-5-12(6-4-11)15(19)18-13-7-9-17-10-8-13;;/h3-10,14H,2,16H2,1H3,(H,17,18,19);2*1H. The Labute approximate surface area is 137 Å². The van der Waals surface area contributed by atoms with Crippen LogP contribution >= 0.6 is 24.8 Å². The molecule has 2 rings (SSSR count). The second-order valence-corrected chi connectivity index (χ2v) is 4.33. The number of amides is 1. The lowest BCUT2D eigenvalue weighted by Gasteiger charge is -2.10. The van der Waals surface area contributed by atoms with Gasteiger partial charge in [-0.3, -0.25) is 9.78 Å². The van der Waals surface area contributed by atoms with Crippen LogP contribution in [-0.4, -0.2) is 10.9 Å². The molecule has 6 heteroatoms. The van der Waals surface area contributed by atoms with Gasteiger partial charge in [-0.25, -0.2) is 0 Å². The van der Waals surface area contributed by atoms with Gasteiger partial charge >= 0.3 is 0 Å². The predicted molar refractivity (Wildman–Crippen MR) is 90.3 cm³/mol. The average Bonchev–Trinajstić information content (AvgIpc) is 2.47. The number of hydrogen-bond donors (Lipinski definition) is 2. The van der Waals surface area contributed by atoms with Gasteiger partial charge in [0, 0.05) is 29.7 Å². The van der Waals surface area contributed by atoms with Crippen LogP contribution in [0.2, 0.25) is 0 Å². The van der Waals surface area contributed by atoms with Crippen LogP contribution in [0.1, 0.15) is 35.3 Å². The van der Waals surface area contributed by atoms with Crippen LogP contribution in [0.15, 0.2) is 48.8 Å². The molecule has 1 unspecified atom stereocenters. The van der Waals surface area contributed by atoms with E-state index in [0.717, 1.165) is 17.7 Å². The molecule has 2 aromatic rings. The summed E-state index contributed by atoms with van der Waals surface area (Å²) >= 11 is 0. The average molecular weight is 328 g/mol. The molecule has 0 fully saturated rings. The summed E-state index contributed by atoms with van der Waals surface area (Å²) in [4.78, 5) is 15.9. The molecule has 1 amide bonds. The first-order valence-electron chi connectivity index (χ1n) is 6.27. The molecule has 0 aliphatic rings. The molecule has 0 radical (unpaired) electrons. The zero-order valence-electron chi connectivity index (χ0n) is 11.7. The van der Waals surface area contributed by atoms with Gasteiger partial charge in [-0.1, -0.05) is 19.1 Å². The number of nitrogens with two attached hydrogens (primary N) is 1. The maximum atomic E-state index is 12.0. The monoisotopic (exact) mass is 327 g/mol. The highest BCUT2D eigenvalue weighted by molar-refractivity contribution is 6.04. The van der Waals surface area contributed by atoms with Gasteiger partial charge in [0.25, 0.3) is 5.91 Å². The van der Waals surface area contributed by atoms with E-state index in [2.05, 4.69) is 10.3 Å². The molecule has 0 spiro atoms. The van der Waals surface area contributed by atoms with Crippen LogP contribution in [0.4, 0.5) is 5.69 Å². The SMILES string of the molecule is CCC(N)c1ccc(C(=O)Nc2ccncc2)cc1.Cl.Cl. The van der Waals surface area contributed by atoms with Crippen LogP contribution in [0.3, 0.4) is 0 Å². The van der Waals surface area contributed by atoms with Crippen molar-refractivity contribution >= 4 is 36.4 Å². The molecular weight excluding hydrogens is 309 g/mol. The minimum Gasteiger partial charge on any atom is -0.324 e. The van der Waals surface area contributed by atoms with Crippen LogP contribution in [-0.2, 0) is 0 Å². The van der Waals surface area contributed by atoms with Gasteiger partial charge in [0.15, 0.2) is 0 Å². The normalized spacial score (nSPS) is 10.8. The van der Waals surface area contributed by atoms with E-state index >= 15 is 0 Å². The highest BCUT2D eigenvalue weighted by atomic mass is 35.5.